The van der Waals surface area contributed by atoms with E-state index >= 15 is 0 Å². The Morgan fingerprint density at radius 2 is 2.07 bits per heavy atom. The molecule has 0 amide bonds. The zero-order valence-corrected chi connectivity index (χ0v) is 16.4. The minimum absolute atomic E-state index is 0.241. The van der Waals surface area contributed by atoms with E-state index < -0.39 is 5.69 Å². The van der Waals surface area contributed by atoms with Gasteiger partial charge in [0.05, 0.1) is 12.2 Å². The molecule has 0 atom stereocenters. The Balaban J connectivity index is 1.58. The van der Waals surface area contributed by atoms with Crippen molar-refractivity contribution in [2.45, 2.75) is 25.4 Å². The van der Waals surface area contributed by atoms with Gasteiger partial charge in [-0.3, -0.25) is 4.98 Å². The van der Waals surface area contributed by atoms with Crippen molar-refractivity contribution in [3.63, 3.8) is 0 Å². The number of H-pyrrole nitrogens is 2. The first kappa shape index (κ1) is 18.4. The lowest BCUT2D eigenvalue weighted by atomic mass is 10.2. The molecule has 1 saturated carbocycles. The quantitative estimate of drug-likeness (QED) is 0.372. The summed E-state index contributed by atoms with van der Waals surface area (Å²) < 4.78 is 1.55. The fraction of sp³-hybridized carbons (Fsp3) is 0.211. The maximum Gasteiger partial charge on any atom is 0.326 e. The van der Waals surface area contributed by atoms with Gasteiger partial charge in [-0.1, -0.05) is 23.7 Å². The number of benzene rings is 1. The van der Waals surface area contributed by atoms with Gasteiger partial charge in [0.15, 0.2) is 5.65 Å². The van der Waals surface area contributed by atoms with Crippen LogP contribution in [0.5, 0.6) is 5.88 Å². The Kier molecular flexibility index (Phi) is 4.47. The summed E-state index contributed by atoms with van der Waals surface area (Å²) in [7, 11) is 0. The minimum atomic E-state index is -0.500. The summed E-state index contributed by atoms with van der Waals surface area (Å²) in [4.78, 5) is 29.9. The van der Waals surface area contributed by atoms with Crippen LogP contribution in [0.3, 0.4) is 0 Å². The fourth-order valence-corrected chi connectivity index (χ4v) is 3.07. The fourth-order valence-electron chi connectivity index (χ4n) is 2.94. The van der Waals surface area contributed by atoms with Crippen molar-refractivity contribution in [1.82, 2.24) is 29.5 Å². The van der Waals surface area contributed by atoms with Crippen molar-refractivity contribution in [2.75, 3.05) is 5.32 Å². The number of hydrogen-bond acceptors (Lipinski definition) is 7. The maximum atomic E-state index is 11.4. The number of aromatic hydroxyl groups is 1. The van der Waals surface area contributed by atoms with Crippen molar-refractivity contribution < 1.29 is 5.11 Å². The molecule has 4 N–H and O–H groups in total. The molecule has 11 heteroatoms. The van der Waals surface area contributed by atoms with Crippen LogP contribution in [0.1, 0.15) is 24.1 Å². The second-order valence-corrected chi connectivity index (χ2v) is 7.45. The monoisotopic (exact) mass is 424 g/mol. The molecule has 0 saturated heterocycles. The van der Waals surface area contributed by atoms with Gasteiger partial charge in [-0.2, -0.15) is 19.6 Å². The van der Waals surface area contributed by atoms with Crippen molar-refractivity contribution in [2.24, 2.45) is 4.99 Å². The molecular formula is C19H17ClN8O2. The summed E-state index contributed by atoms with van der Waals surface area (Å²) >= 11 is 5.94. The number of imidazole rings is 1. The van der Waals surface area contributed by atoms with Gasteiger partial charge in [-0.05, 0) is 36.6 Å². The van der Waals surface area contributed by atoms with E-state index in [-0.39, 0.29) is 17.6 Å². The lowest BCUT2D eigenvalue weighted by Crippen LogP contribution is -2.24. The Labute approximate surface area is 174 Å². The highest BCUT2D eigenvalue weighted by atomic mass is 35.5. The highest BCUT2D eigenvalue weighted by Gasteiger charge is 2.21. The van der Waals surface area contributed by atoms with Crippen molar-refractivity contribution in [3.05, 3.63) is 68.1 Å². The van der Waals surface area contributed by atoms with Gasteiger partial charge in [0.2, 0.25) is 11.8 Å². The number of aromatic amines is 2. The third-order valence-corrected chi connectivity index (χ3v) is 4.87. The molecule has 3 aromatic heterocycles. The number of hydrogen-bond donors (Lipinski definition) is 4. The van der Waals surface area contributed by atoms with E-state index in [0.29, 0.717) is 34.0 Å². The average Bonchev–Trinajstić information content (AvgIpc) is 3.36. The number of aromatic nitrogens is 6. The van der Waals surface area contributed by atoms with Crippen LogP contribution in [0.2, 0.25) is 5.02 Å². The topological polar surface area (TPSA) is 136 Å². The highest BCUT2D eigenvalue weighted by Crippen LogP contribution is 2.22. The lowest BCUT2D eigenvalue weighted by Gasteiger charge is -2.05. The van der Waals surface area contributed by atoms with Gasteiger partial charge in [0.1, 0.15) is 5.69 Å². The second-order valence-electron chi connectivity index (χ2n) is 7.01. The molecule has 30 heavy (non-hydrogen) atoms. The van der Waals surface area contributed by atoms with E-state index in [4.69, 9.17) is 11.6 Å². The summed E-state index contributed by atoms with van der Waals surface area (Å²) in [5, 5.41) is 18.7. The average molecular weight is 425 g/mol. The molecule has 0 aliphatic heterocycles. The van der Waals surface area contributed by atoms with Crippen molar-refractivity contribution >= 4 is 29.3 Å². The SMILES string of the molecule is O=c1[nH]c(O)c(C=c2cnn3c(=NC4CC4)nc(NCc4ccc(Cl)cc4)nc23)[nH]1. The van der Waals surface area contributed by atoms with Gasteiger partial charge in [0.25, 0.3) is 5.62 Å². The predicted octanol–water partition coefficient (Wildman–Crippen LogP) is 0.723. The van der Waals surface area contributed by atoms with Gasteiger partial charge in [-0.25, -0.2) is 9.79 Å². The predicted molar refractivity (Wildman–Crippen MR) is 110 cm³/mol. The first-order valence-electron chi connectivity index (χ1n) is 9.36. The Hall–Kier alpha value is -3.66. The summed E-state index contributed by atoms with van der Waals surface area (Å²) in [6, 6.07) is 7.74. The van der Waals surface area contributed by atoms with Gasteiger partial charge < -0.3 is 15.4 Å². The number of fused-ring (bicyclic) bond motifs is 1. The zero-order valence-electron chi connectivity index (χ0n) is 15.6. The van der Waals surface area contributed by atoms with Crippen molar-refractivity contribution in [1.29, 1.82) is 0 Å². The molecule has 1 aromatic carbocycles. The maximum absolute atomic E-state index is 11.4. The van der Waals surface area contributed by atoms with Crippen LogP contribution >= 0.6 is 11.6 Å². The zero-order chi connectivity index (χ0) is 20.7. The molecular weight excluding hydrogens is 408 g/mol. The normalized spacial score (nSPS) is 15.2. The molecule has 1 fully saturated rings. The van der Waals surface area contributed by atoms with Gasteiger partial charge in [0, 0.05) is 16.8 Å². The molecule has 1 aliphatic carbocycles. The van der Waals surface area contributed by atoms with Gasteiger partial charge >= 0.3 is 5.69 Å². The highest BCUT2D eigenvalue weighted by molar-refractivity contribution is 6.30. The summed E-state index contributed by atoms with van der Waals surface area (Å²) in [6.07, 6.45) is 5.23. The summed E-state index contributed by atoms with van der Waals surface area (Å²) in [6.45, 7) is 0.509. The first-order valence-corrected chi connectivity index (χ1v) is 9.74. The standard InChI is InChI=1S/C19H17ClN8O2/c20-12-3-1-10(2-4-12)8-21-17-25-15-11(7-14-16(29)26-19(30)24-14)9-22-28(15)18(27-17)23-13-5-6-13/h1-4,7,9,13,29H,5-6,8H2,(H,21,23,27)(H2,24,26,30). The summed E-state index contributed by atoms with van der Waals surface area (Å²) in [5.41, 5.74) is 1.72. The third kappa shape index (κ3) is 3.77. The van der Waals surface area contributed by atoms with E-state index in [1.165, 1.54) is 0 Å². The van der Waals surface area contributed by atoms with Crippen molar-refractivity contribution in [3.8, 4) is 5.88 Å². The first-order chi connectivity index (χ1) is 14.5. The van der Waals surface area contributed by atoms with E-state index in [2.05, 4.69) is 35.3 Å². The van der Waals surface area contributed by atoms with Crippen LogP contribution in [0.15, 0.2) is 40.2 Å². The van der Waals surface area contributed by atoms with Crippen LogP contribution < -0.4 is 21.8 Å². The minimum Gasteiger partial charge on any atom is -0.493 e. The second kappa shape index (κ2) is 7.30. The molecule has 5 rings (SSSR count). The Bertz CT molecular complexity index is 1400. The Morgan fingerprint density at radius 1 is 1.27 bits per heavy atom. The van der Waals surface area contributed by atoms with E-state index in [1.807, 2.05) is 24.3 Å². The lowest BCUT2D eigenvalue weighted by molar-refractivity contribution is 0.454. The van der Waals surface area contributed by atoms with Gasteiger partial charge in [-0.15, -0.1) is 0 Å². The Morgan fingerprint density at radius 3 is 2.77 bits per heavy atom. The molecule has 0 spiro atoms. The molecule has 1 aliphatic rings. The van der Waals surface area contributed by atoms with E-state index in [1.54, 1.807) is 16.8 Å². The number of anilines is 1. The number of halogens is 1. The van der Waals surface area contributed by atoms with Crippen LogP contribution in [-0.4, -0.2) is 40.7 Å². The largest absolute Gasteiger partial charge is 0.493 e. The molecule has 152 valence electrons. The molecule has 0 unspecified atom stereocenters. The number of nitrogens with zero attached hydrogens (tertiary/aromatic N) is 5. The van der Waals surface area contributed by atoms with E-state index in [9.17, 15) is 9.90 Å². The van der Waals surface area contributed by atoms with E-state index in [0.717, 1.165) is 18.4 Å². The molecule has 0 bridgehead atoms. The number of nitrogens with one attached hydrogen (secondary N) is 3. The molecule has 4 aromatic rings. The van der Waals surface area contributed by atoms with Crippen LogP contribution in [0.4, 0.5) is 5.95 Å². The third-order valence-electron chi connectivity index (χ3n) is 4.62. The summed E-state index contributed by atoms with van der Waals surface area (Å²) in [5.74, 6) is 0.149. The molecule has 0 radical (unpaired) electrons. The van der Waals surface area contributed by atoms with Crippen LogP contribution in [0, 0.1) is 0 Å². The van der Waals surface area contributed by atoms with Crippen LogP contribution in [0.25, 0.3) is 11.7 Å². The molecule has 3 heterocycles. The van der Waals surface area contributed by atoms with Crippen LogP contribution in [-0.2, 0) is 6.54 Å². The smallest absolute Gasteiger partial charge is 0.326 e. The number of rotatable bonds is 5. The molecule has 10 nitrogen and oxygen atoms in total.